The maximum atomic E-state index is 13.0. The van der Waals surface area contributed by atoms with Crippen LogP contribution in [0.1, 0.15) is 30.1 Å². The summed E-state index contributed by atoms with van der Waals surface area (Å²) in [5.41, 5.74) is 1.74. The number of Topliss-reactive ketones (excluding diaryl/α,β-unsaturated/α-hetero) is 1. The van der Waals surface area contributed by atoms with E-state index in [9.17, 15) is 18.0 Å². The molecule has 0 bridgehead atoms. The Morgan fingerprint density at radius 2 is 1.74 bits per heavy atom. The molecule has 2 aromatic carbocycles. The van der Waals surface area contributed by atoms with Crippen LogP contribution in [-0.2, 0) is 14.8 Å². The summed E-state index contributed by atoms with van der Waals surface area (Å²) in [6.07, 6.45) is 2.54. The molecule has 1 amide bonds. The van der Waals surface area contributed by atoms with Gasteiger partial charge in [0.2, 0.25) is 15.9 Å². The third kappa shape index (κ3) is 4.35. The van der Waals surface area contributed by atoms with E-state index in [2.05, 4.69) is 10.3 Å². The minimum atomic E-state index is -3.72. The van der Waals surface area contributed by atoms with Gasteiger partial charge in [-0.1, -0.05) is 30.3 Å². The number of carbonyl (C=O) groups excluding carboxylic acids is 2. The number of hydrogen-bond acceptors (Lipinski definition) is 5. The van der Waals surface area contributed by atoms with Gasteiger partial charge in [-0.3, -0.25) is 14.6 Å². The van der Waals surface area contributed by atoms with Crippen LogP contribution in [0.25, 0.3) is 10.9 Å². The van der Waals surface area contributed by atoms with Crippen LogP contribution in [0, 0.1) is 5.92 Å². The molecule has 2 heterocycles. The van der Waals surface area contributed by atoms with Crippen LogP contribution in [0.3, 0.4) is 0 Å². The van der Waals surface area contributed by atoms with Gasteiger partial charge in [0.25, 0.3) is 0 Å². The molecule has 4 rings (SSSR count). The van der Waals surface area contributed by atoms with Crippen molar-refractivity contribution in [3.8, 4) is 0 Å². The Morgan fingerprint density at radius 1 is 1.03 bits per heavy atom. The Bertz CT molecular complexity index is 1240. The van der Waals surface area contributed by atoms with Gasteiger partial charge < -0.3 is 5.32 Å². The summed E-state index contributed by atoms with van der Waals surface area (Å²) in [5.74, 6) is -0.599. The molecular weight excluding hydrogens is 414 g/mol. The van der Waals surface area contributed by atoms with Crippen LogP contribution < -0.4 is 5.32 Å². The fraction of sp³-hybridized carbons (Fsp3) is 0.261. The number of aromatic nitrogens is 1. The fourth-order valence-electron chi connectivity index (χ4n) is 3.82. The Labute approximate surface area is 181 Å². The molecule has 0 saturated carbocycles. The quantitative estimate of drug-likeness (QED) is 0.617. The molecule has 1 fully saturated rings. The van der Waals surface area contributed by atoms with Gasteiger partial charge in [-0.15, -0.1) is 0 Å². The number of para-hydroxylation sites is 1. The van der Waals surface area contributed by atoms with Gasteiger partial charge in [-0.05, 0) is 44.0 Å². The van der Waals surface area contributed by atoms with Crippen molar-refractivity contribution in [2.45, 2.75) is 24.7 Å². The predicted molar refractivity (Wildman–Crippen MR) is 118 cm³/mol. The maximum Gasteiger partial charge on any atom is 0.243 e. The van der Waals surface area contributed by atoms with Crippen molar-refractivity contribution in [2.75, 3.05) is 18.4 Å². The zero-order valence-electron chi connectivity index (χ0n) is 17.1. The maximum absolute atomic E-state index is 13.0. The van der Waals surface area contributed by atoms with Crippen molar-refractivity contribution >= 4 is 38.3 Å². The number of benzene rings is 2. The summed E-state index contributed by atoms with van der Waals surface area (Å²) >= 11 is 0. The van der Waals surface area contributed by atoms with Gasteiger partial charge in [0, 0.05) is 36.2 Å². The number of nitrogens with one attached hydrogen (secondary N) is 1. The molecule has 31 heavy (non-hydrogen) atoms. The van der Waals surface area contributed by atoms with E-state index in [0.717, 1.165) is 10.9 Å². The van der Waals surface area contributed by atoms with Crippen LogP contribution in [0.15, 0.2) is 65.7 Å². The minimum absolute atomic E-state index is 0.102. The zero-order chi connectivity index (χ0) is 22.0. The minimum Gasteiger partial charge on any atom is -0.324 e. The molecule has 160 valence electrons. The third-order valence-electron chi connectivity index (χ3n) is 5.59. The van der Waals surface area contributed by atoms with Crippen molar-refractivity contribution in [2.24, 2.45) is 5.92 Å². The topological polar surface area (TPSA) is 96.4 Å². The number of ketones is 1. The highest BCUT2D eigenvalue weighted by atomic mass is 32.2. The van der Waals surface area contributed by atoms with Gasteiger partial charge in [0.15, 0.2) is 5.78 Å². The molecule has 1 aliphatic rings. The molecule has 8 heteroatoms. The summed E-state index contributed by atoms with van der Waals surface area (Å²) in [6.45, 7) is 1.90. The van der Waals surface area contributed by atoms with E-state index in [1.807, 2.05) is 30.3 Å². The van der Waals surface area contributed by atoms with Crippen molar-refractivity contribution in [3.63, 3.8) is 0 Å². The second kappa shape index (κ2) is 8.56. The van der Waals surface area contributed by atoms with E-state index in [0.29, 0.717) is 24.1 Å². The summed E-state index contributed by atoms with van der Waals surface area (Å²) < 4.78 is 27.3. The van der Waals surface area contributed by atoms with Crippen molar-refractivity contribution < 1.29 is 18.0 Å². The second-order valence-electron chi connectivity index (χ2n) is 7.63. The lowest BCUT2D eigenvalue weighted by atomic mass is 9.97. The lowest BCUT2D eigenvalue weighted by Crippen LogP contribution is -2.41. The normalized spacial score (nSPS) is 15.6. The monoisotopic (exact) mass is 437 g/mol. The molecule has 1 N–H and O–H groups in total. The molecule has 0 aliphatic carbocycles. The summed E-state index contributed by atoms with van der Waals surface area (Å²) in [5, 5.41) is 3.89. The highest BCUT2D eigenvalue weighted by Gasteiger charge is 2.32. The number of carbonyl (C=O) groups is 2. The molecule has 1 aliphatic heterocycles. The zero-order valence-corrected chi connectivity index (χ0v) is 17.9. The van der Waals surface area contributed by atoms with Crippen LogP contribution in [-0.4, -0.2) is 42.5 Å². The van der Waals surface area contributed by atoms with Crippen LogP contribution in [0.4, 0.5) is 5.69 Å². The molecular formula is C23H23N3O4S. The number of nitrogens with zero attached hydrogens (tertiary/aromatic N) is 2. The number of rotatable bonds is 5. The number of pyridine rings is 1. The first-order valence-electron chi connectivity index (χ1n) is 10.1. The number of sulfonamides is 1. The average molecular weight is 438 g/mol. The molecule has 7 nitrogen and oxygen atoms in total. The van der Waals surface area contributed by atoms with Gasteiger partial charge >= 0.3 is 0 Å². The van der Waals surface area contributed by atoms with E-state index >= 15 is 0 Å². The SMILES string of the molecule is CC(=O)c1cccc(S(=O)(=O)N2CCC(C(=O)Nc3cccc4cccnc34)CC2)c1. The van der Waals surface area contributed by atoms with Crippen molar-refractivity contribution in [1.29, 1.82) is 0 Å². The first-order chi connectivity index (χ1) is 14.9. The number of piperidine rings is 1. The molecule has 0 unspecified atom stereocenters. The molecule has 1 aromatic heterocycles. The highest BCUT2D eigenvalue weighted by Crippen LogP contribution is 2.27. The summed E-state index contributed by atoms with van der Waals surface area (Å²) in [6, 6.07) is 15.5. The number of anilines is 1. The van der Waals surface area contributed by atoms with E-state index in [1.165, 1.54) is 23.4 Å². The Hall–Kier alpha value is -3.10. The largest absolute Gasteiger partial charge is 0.324 e. The van der Waals surface area contributed by atoms with Gasteiger partial charge in [-0.25, -0.2) is 8.42 Å². The Kier molecular flexibility index (Phi) is 5.84. The average Bonchev–Trinajstić information content (AvgIpc) is 2.79. The van der Waals surface area contributed by atoms with Crippen molar-refractivity contribution in [3.05, 3.63) is 66.4 Å². The van der Waals surface area contributed by atoms with Crippen LogP contribution >= 0.6 is 0 Å². The second-order valence-corrected chi connectivity index (χ2v) is 9.57. The molecule has 1 saturated heterocycles. The van der Waals surface area contributed by atoms with E-state index in [1.54, 1.807) is 18.3 Å². The van der Waals surface area contributed by atoms with Gasteiger partial charge in [-0.2, -0.15) is 4.31 Å². The number of fused-ring (bicyclic) bond motifs is 1. The first kappa shape index (κ1) is 21.1. The molecule has 3 aromatic rings. The standard InChI is InChI=1S/C23H23N3O4S/c1-16(27)19-6-2-8-20(15-19)31(29,30)26-13-10-18(11-14-26)23(28)25-21-9-3-5-17-7-4-12-24-22(17)21/h2-9,12,15,18H,10-11,13-14H2,1H3,(H,25,28). The molecule has 0 radical (unpaired) electrons. The van der Waals surface area contributed by atoms with Crippen LogP contribution in [0.5, 0.6) is 0 Å². The van der Waals surface area contributed by atoms with E-state index < -0.39 is 10.0 Å². The Morgan fingerprint density at radius 3 is 2.48 bits per heavy atom. The lowest BCUT2D eigenvalue weighted by Gasteiger charge is -2.30. The third-order valence-corrected chi connectivity index (χ3v) is 7.49. The Balaban J connectivity index is 1.44. The van der Waals surface area contributed by atoms with E-state index in [4.69, 9.17) is 0 Å². The highest BCUT2D eigenvalue weighted by molar-refractivity contribution is 7.89. The first-order valence-corrected chi connectivity index (χ1v) is 11.6. The number of hydrogen-bond donors (Lipinski definition) is 1. The predicted octanol–water partition coefficient (Wildman–Crippen LogP) is 3.48. The smallest absolute Gasteiger partial charge is 0.243 e. The molecule has 0 atom stereocenters. The van der Waals surface area contributed by atoms with E-state index in [-0.39, 0.29) is 35.6 Å². The van der Waals surface area contributed by atoms with Gasteiger partial charge in [0.05, 0.1) is 16.1 Å². The summed E-state index contributed by atoms with van der Waals surface area (Å²) in [7, 11) is -3.72. The summed E-state index contributed by atoms with van der Waals surface area (Å²) in [4.78, 5) is 28.9. The lowest BCUT2D eigenvalue weighted by molar-refractivity contribution is -0.120. The van der Waals surface area contributed by atoms with Crippen molar-refractivity contribution in [1.82, 2.24) is 9.29 Å². The van der Waals surface area contributed by atoms with Crippen LogP contribution in [0.2, 0.25) is 0 Å². The number of amides is 1. The van der Waals surface area contributed by atoms with Gasteiger partial charge in [0.1, 0.15) is 0 Å². The molecule has 0 spiro atoms. The fourth-order valence-corrected chi connectivity index (χ4v) is 5.34.